The molecule has 1 aromatic rings. The van der Waals surface area contributed by atoms with Gasteiger partial charge in [0, 0.05) is 23.1 Å². The first kappa shape index (κ1) is 15.0. The van der Waals surface area contributed by atoms with Gasteiger partial charge in [0.15, 0.2) is 0 Å². The summed E-state index contributed by atoms with van der Waals surface area (Å²) in [5.41, 5.74) is 1.55. The number of alkyl halides is 1. The van der Waals surface area contributed by atoms with Gasteiger partial charge in [-0.25, -0.2) is 4.98 Å². The molecule has 1 aromatic heterocycles. The first-order valence-electron chi connectivity index (χ1n) is 6.31. The van der Waals surface area contributed by atoms with Crippen molar-refractivity contribution in [2.45, 2.75) is 59.3 Å². The van der Waals surface area contributed by atoms with Crippen LogP contribution in [0.15, 0.2) is 5.38 Å². The topological polar surface area (TPSA) is 12.9 Å². The van der Waals surface area contributed by atoms with Gasteiger partial charge in [0.2, 0.25) is 0 Å². The Bertz CT molecular complexity index is 353. The third-order valence-electron chi connectivity index (χ3n) is 3.07. The molecule has 0 saturated heterocycles. The minimum atomic E-state index is 0.150. The van der Waals surface area contributed by atoms with Crippen molar-refractivity contribution < 1.29 is 0 Å². The van der Waals surface area contributed by atoms with E-state index in [1.807, 2.05) is 0 Å². The SMILES string of the molecule is CCCC(C)(CCl)Cc1nc(C(C)(C)C)cs1. The van der Waals surface area contributed by atoms with E-state index >= 15 is 0 Å². The lowest BCUT2D eigenvalue weighted by Crippen LogP contribution is -2.21. The van der Waals surface area contributed by atoms with Gasteiger partial charge in [0.1, 0.15) is 0 Å². The summed E-state index contributed by atoms with van der Waals surface area (Å²) in [6.07, 6.45) is 3.35. The summed E-state index contributed by atoms with van der Waals surface area (Å²) in [5, 5.41) is 3.42. The van der Waals surface area contributed by atoms with Crippen LogP contribution in [0.3, 0.4) is 0 Å². The van der Waals surface area contributed by atoms with Crippen molar-refractivity contribution in [3.05, 3.63) is 16.1 Å². The normalized spacial score (nSPS) is 15.9. The van der Waals surface area contributed by atoms with E-state index in [9.17, 15) is 0 Å². The van der Waals surface area contributed by atoms with Gasteiger partial charge in [-0.2, -0.15) is 0 Å². The minimum Gasteiger partial charge on any atom is -0.246 e. The fourth-order valence-electron chi connectivity index (χ4n) is 1.91. The van der Waals surface area contributed by atoms with Crippen molar-refractivity contribution in [1.82, 2.24) is 4.98 Å². The van der Waals surface area contributed by atoms with Crippen LogP contribution in [0.25, 0.3) is 0 Å². The molecule has 1 unspecified atom stereocenters. The van der Waals surface area contributed by atoms with E-state index in [4.69, 9.17) is 16.6 Å². The second kappa shape index (κ2) is 5.71. The maximum Gasteiger partial charge on any atom is 0.0934 e. The molecule has 0 amide bonds. The Balaban J connectivity index is 2.78. The standard InChI is InChI=1S/C14H24ClNS/c1-6-7-14(5,10-15)8-12-16-11(9-17-12)13(2,3)4/h9H,6-8,10H2,1-5H3. The maximum absolute atomic E-state index is 6.11. The fraction of sp³-hybridized carbons (Fsp3) is 0.786. The zero-order valence-electron chi connectivity index (χ0n) is 11.6. The molecule has 0 saturated carbocycles. The van der Waals surface area contributed by atoms with Crippen molar-refractivity contribution in [1.29, 1.82) is 0 Å². The number of hydrogen-bond acceptors (Lipinski definition) is 2. The molecule has 0 radical (unpaired) electrons. The Hall–Kier alpha value is -0.0800. The molecule has 1 rings (SSSR count). The average molecular weight is 274 g/mol. The van der Waals surface area contributed by atoms with Gasteiger partial charge in [-0.3, -0.25) is 0 Å². The van der Waals surface area contributed by atoms with Gasteiger partial charge in [0.25, 0.3) is 0 Å². The van der Waals surface area contributed by atoms with E-state index in [-0.39, 0.29) is 10.8 Å². The molecule has 0 aliphatic rings. The van der Waals surface area contributed by atoms with Crippen LogP contribution in [0.2, 0.25) is 0 Å². The van der Waals surface area contributed by atoms with Gasteiger partial charge in [-0.15, -0.1) is 22.9 Å². The fourth-order valence-corrected chi connectivity index (χ4v) is 3.37. The molecule has 0 aliphatic heterocycles. The second-order valence-electron chi connectivity index (χ2n) is 6.25. The predicted octanol–water partition coefficient (Wildman–Crippen LogP) is 5.03. The summed E-state index contributed by atoms with van der Waals surface area (Å²) < 4.78 is 0. The molecule has 1 nitrogen and oxygen atoms in total. The van der Waals surface area contributed by atoms with Crippen LogP contribution in [-0.4, -0.2) is 10.9 Å². The number of rotatable bonds is 5. The van der Waals surface area contributed by atoms with Crippen molar-refractivity contribution in [3.63, 3.8) is 0 Å². The van der Waals surface area contributed by atoms with Crippen LogP contribution >= 0.6 is 22.9 Å². The molecule has 0 fully saturated rings. The number of halogens is 1. The van der Waals surface area contributed by atoms with Crippen LogP contribution in [0.4, 0.5) is 0 Å². The van der Waals surface area contributed by atoms with Crippen molar-refractivity contribution in [2.24, 2.45) is 5.41 Å². The molecule has 1 atom stereocenters. The smallest absolute Gasteiger partial charge is 0.0934 e. The quantitative estimate of drug-likeness (QED) is 0.686. The van der Waals surface area contributed by atoms with Crippen LogP contribution in [0.5, 0.6) is 0 Å². The highest BCUT2D eigenvalue weighted by molar-refractivity contribution is 7.09. The number of aromatic nitrogens is 1. The van der Waals surface area contributed by atoms with Crippen molar-refractivity contribution in [3.8, 4) is 0 Å². The lowest BCUT2D eigenvalue weighted by molar-refractivity contribution is 0.334. The van der Waals surface area contributed by atoms with Crippen molar-refractivity contribution >= 4 is 22.9 Å². The molecule has 3 heteroatoms. The third-order valence-corrected chi connectivity index (χ3v) is 4.57. The molecule has 98 valence electrons. The van der Waals surface area contributed by atoms with E-state index in [0.717, 1.165) is 6.42 Å². The molecule has 0 bridgehead atoms. The van der Waals surface area contributed by atoms with Crippen molar-refractivity contribution in [2.75, 3.05) is 5.88 Å². The van der Waals surface area contributed by atoms with Crippen LogP contribution in [0.1, 0.15) is 58.2 Å². The zero-order chi connectivity index (χ0) is 13.1. The highest BCUT2D eigenvalue weighted by Gasteiger charge is 2.25. The van der Waals surface area contributed by atoms with Gasteiger partial charge >= 0.3 is 0 Å². The molecule has 1 heterocycles. The molecular formula is C14H24ClNS. The van der Waals surface area contributed by atoms with E-state index in [1.165, 1.54) is 23.5 Å². The highest BCUT2D eigenvalue weighted by atomic mass is 35.5. The highest BCUT2D eigenvalue weighted by Crippen LogP contribution is 2.32. The Kier molecular flexibility index (Phi) is 5.03. The maximum atomic E-state index is 6.11. The van der Waals surface area contributed by atoms with Crippen LogP contribution in [0, 0.1) is 5.41 Å². The predicted molar refractivity (Wildman–Crippen MR) is 78.3 cm³/mol. The first-order valence-corrected chi connectivity index (χ1v) is 7.73. The monoisotopic (exact) mass is 273 g/mol. The van der Waals surface area contributed by atoms with Crippen LogP contribution in [-0.2, 0) is 11.8 Å². The summed E-state index contributed by atoms with van der Waals surface area (Å²) in [7, 11) is 0. The molecule has 17 heavy (non-hydrogen) atoms. The second-order valence-corrected chi connectivity index (χ2v) is 7.46. The largest absolute Gasteiger partial charge is 0.246 e. The Morgan fingerprint density at radius 2 is 1.94 bits per heavy atom. The van der Waals surface area contributed by atoms with E-state index in [2.05, 4.69) is 40.0 Å². The molecule has 0 N–H and O–H groups in total. The van der Waals surface area contributed by atoms with E-state index < -0.39 is 0 Å². The molecular weight excluding hydrogens is 250 g/mol. The molecule has 0 spiro atoms. The van der Waals surface area contributed by atoms with E-state index in [1.54, 1.807) is 11.3 Å². The third kappa shape index (κ3) is 4.26. The zero-order valence-corrected chi connectivity index (χ0v) is 13.2. The van der Waals surface area contributed by atoms with Gasteiger partial charge in [-0.05, 0) is 11.8 Å². The number of thiazole rings is 1. The summed E-state index contributed by atoms with van der Waals surface area (Å²) in [4.78, 5) is 4.76. The van der Waals surface area contributed by atoms with Gasteiger partial charge in [0.05, 0.1) is 10.7 Å². The van der Waals surface area contributed by atoms with E-state index in [0.29, 0.717) is 5.88 Å². The summed E-state index contributed by atoms with van der Waals surface area (Å²) >= 11 is 7.89. The Labute approximate surface area is 115 Å². The average Bonchev–Trinajstić information content (AvgIpc) is 2.66. The van der Waals surface area contributed by atoms with Gasteiger partial charge < -0.3 is 0 Å². The lowest BCUT2D eigenvalue weighted by atomic mass is 9.84. The number of nitrogens with zero attached hydrogens (tertiary/aromatic N) is 1. The Morgan fingerprint density at radius 1 is 1.29 bits per heavy atom. The molecule has 0 aliphatic carbocycles. The minimum absolute atomic E-state index is 0.150. The molecule has 0 aromatic carbocycles. The summed E-state index contributed by atoms with van der Waals surface area (Å²) in [6.45, 7) is 11.1. The Morgan fingerprint density at radius 3 is 2.35 bits per heavy atom. The first-order chi connectivity index (χ1) is 7.80. The lowest BCUT2D eigenvalue weighted by Gasteiger charge is -2.25. The summed E-state index contributed by atoms with van der Waals surface area (Å²) in [6, 6.07) is 0. The number of hydrogen-bond donors (Lipinski definition) is 0. The van der Waals surface area contributed by atoms with Gasteiger partial charge in [-0.1, -0.05) is 41.0 Å². The van der Waals surface area contributed by atoms with Crippen LogP contribution < -0.4 is 0 Å². The summed E-state index contributed by atoms with van der Waals surface area (Å²) in [5.74, 6) is 0.714.